The number of benzene rings is 1. The molecule has 0 aliphatic rings. The number of aromatic nitrogens is 2. The molecule has 0 saturated carbocycles. The van der Waals surface area contributed by atoms with Crippen LogP contribution in [-0.4, -0.2) is 17.3 Å². The Balaban J connectivity index is 2.27. The highest BCUT2D eigenvalue weighted by Crippen LogP contribution is 2.28. The van der Waals surface area contributed by atoms with Crippen LogP contribution in [0.1, 0.15) is 22.5 Å². The average molecular weight is 256 g/mol. The fourth-order valence-corrected chi connectivity index (χ4v) is 1.99. The number of nitrogens with one attached hydrogen (secondary N) is 2. The van der Waals surface area contributed by atoms with E-state index < -0.39 is 0 Å². The van der Waals surface area contributed by atoms with E-state index in [0.717, 1.165) is 17.0 Å². The van der Waals surface area contributed by atoms with E-state index in [0.29, 0.717) is 23.5 Å². The lowest BCUT2D eigenvalue weighted by atomic mass is 10.1. The minimum Gasteiger partial charge on any atom is -0.495 e. The first kappa shape index (κ1) is 13.0. The van der Waals surface area contributed by atoms with Crippen LogP contribution in [0.25, 0.3) is 0 Å². The minimum atomic E-state index is 0.568. The van der Waals surface area contributed by atoms with Gasteiger partial charge in [-0.05, 0) is 26.0 Å². The van der Waals surface area contributed by atoms with Gasteiger partial charge in [0.2, 0.25) is 0 Å². The Labute approximate surface area is 112 Å². The summed E-state index contributed by atoms with van der Waals surface area (Å²) in [4.78, 5) is 0. The van der Waals surface area contributed by atoms with Crippen LogP contribution in [0.15, 0.2) is 18.2 Å². The third kappa shape index (κ3) is 2.52. The van der Waals surface area contributed by atoms with Crippen LogP contribution < -0.4 is 10.1 Å². The van der Waals surface area contributed by atoms with Crippen LogP contribution in [0.4, 0.5) is 5.69 Å². The van der Waals surface area contributed by atoms with Crippen molar-refractivity contribution < 1.29 is 4.74 Å². The van der Waals surface area contributed by atoms with E-state index in [-0.39, 0.29) is 0 Å². The Morgan fingerprint density at radius 2 is 2.21 bits per heavy atom. The lowest BCUT2D eigenvalue weighted by molar-refractivity contribution is 0.416. The van der Waals surface area contributed by atoms with E-state index >= 15 is 0 Å². The van der Waals surface area contributed by atoms with E-state index in [1.54, 1.807) is 19.2 Å². The second kappa shape index (κ2) is 5.44. The molecule has 2 rings (SSSR count). The number of H-pyrrole nitrogens is 1. The van der Waals surface area contributed by atoms with E-state index in [2.05, 4.69) is 21.6 Å². The van der Waals surface area contributed by atoms with Gasteiger partial charge in [-0.2, -0.15) is 10.4 Å². The largest absolute Gasteiger partial charge is 0.495 e. The van der Waals surface area contributed by atoms with Gasteiger partial charge in [-0.25, -0.2) is 0 Å². The van der Waals surface area contributed by atoms with Crippen LogP contribution in [0.3, 0.4) is 0 Å². The molecule has 0 atom stereocenters. The molecular weight excluding hydrogens is 240 g/mol. The molecule has 0 aliphatic heterocycles. The summed E-state index contributed by atoms with van der Waals surface area (Å²) in [7, 11) is 1.59. The molecule has 19 heavy (non-hydrogen) atoms. The summed E-state index contributed by atoms with van der Waals surface area (Å²) in [5.41, 5.74) is 4.37. The van der Waals surface area contributed by atoms with Crippen LogP contribution in [0, 0.1) is 25.2 Å². The van der Waals surface area contributed by atoms with Gasteiger partial charge in [0.1, 0.15) is 11.8 Å². The Morgan fingerprint density at radius 1 is 1.42 bits per heavy atom. The fraction of sp³-hybridized carbons (Fsp3) is 0.286. The van der Waals surface area contributed by atoms with Crippen molar-refractivity contribution in [1.29, 1.82) is 5.26 Å². The van der Waals surface area contributed by atoms with Gasteiger partial charge in [0.25, 0.3) is 0 Å². The smallest absolute Gasteiger partial charge is 0.143 e. The van der Waals surface area contributed by atoms with Crippen molar-refractivity contribution in [3.05, 3.63) is 40.7 Å². The van der Waals surface area contributed by atoms with Crippen molar-refractivity contribution in [3.63, 3.8) is 0 Å². The molecule has 0 spiro atoms. The lowest BCUT2D eigenvalue weighted by Gasteiger charge is -2.12. The number of hydrogen-bond donors (Lipinski definition) is 2. The number of methoxy groups -OCH3 is 1. The van der Waals surface area contributed by atoms with Crippen molar-refractivity contribution >= 4 is 5.69 Å². The zero-order chi connectivity index (χ0) is 13.8. The maximum absolute atomic E-state index is 9.14. The number of ether oxygens (including phenoxy) is 1. The third-order valence-corrected chi connectivity index (χ3v) is 3.09. The molecule has 1 aromatic carbocycles. The lowest BCUT2D eigenvalue weighted by Crippen LogP contribution is -2.05. The van der Waals surface area contributed by atoms with Gasteiger partial charge in [-0.3, -0.25) is 5.10 Å². The minimum absolute atomic E-state index is 0.568. The molecule has 2 aromatic rings. The Morgan fingerprint density at radius 3 is 2.79 bits per heavy atom. The molecular formula is C14H16N4O. The van der Waals surface area contributed by atoms with Gasteiger partial charge in [0.05, 0.1) is 24.1 Å². The number of hydrogen-bond acceptors (Lipinski definition) is 4. The van der Waals surface area contributed by atoms with E-state index in [1.165, 1.54) is 0 Å². The highest BCUT2D eigenvalue weighted by molar-refractivity contribution is 5.66. The first-order valence-electron chi connectivity index (χ1n) is 5.98. The molecule has 0 fully saturated rings. The summed E-state index contributed by atoms with van der Waals surface area (Å²) in [6.45, 7) is 4.53. The second-order valence-corrected chi connectivity index (χ2v) is 4.26. The van der Waals surface area contributed by atoms with Crippen molar-refractivity contribution in [2.75, 3.05) is 12.4 Å². The monoisotopic (exact) mass is 256 g/mol. The van der Waals surface area contributed by atoms with Crippen molar-refractivity contribution in [2.45, 2.75) is 20.4 Å². The molecule has 0 amide bonds. The number of nitriles is 1. The predicted molar refractivity (Wildman–Crippen MR) is 73.1 cm³/mol. The number of aromatic amines is 1. The molecule has 0 unspecified atom stereocenters. The van der Waals surface area contributed by atoms with Gasteiger partial charge in [0.15, 0.2) is 0 Å². The summed E-state index contributed by atoms with van der Waals surface area (Å²) in [6, 6.07) is 7.56. The average Bonchev–Trinajstić information content (AvgIpc) is 2.75. The zero-order valence-corrected chi connectivity index (χ0v) is 11.2. The van der Waals surface area contributed by atoms with Gasteiger partial charge in [-0.1, -0.05) is 6.07 Å². The maximum atomic E-state index is 9.14. The molecule has 5 nitrogen and oxygen atoms in total. The topological polar surface area (TPSA) is 73.7 Å². The first-order valence-corrected chi connectivity index (χ1v) is 5.98. The highest BCUT2D eigenvalue weighted by Gasteiger charge is 2.11. The molecule has 98 valence electrons. The van der Waals surface area contributed by atoms with Crippen molar-refractivity contribution in [2.24, 2.45) is 0 Å². The second-order valence-electron chi connectivity index (χ2n) is 4.26. The number of para-hydroxylation sites is 1. The molecule has 0 bridgehead atoms. The standard InChI is InChI=1S/C14H16N4O/c1-9-12(10(2)18-17-9)8-16-14-11(7-15)5-4-6-13(14)19-3/h4-6,16H,8H2,1-3H3,(H,17,18). The quantitative estimate of drug-likeness (QED) is 0.881. The Bertz CT molecular complexity index is 605. The van der Waals surface area contributed by atoms with Gasteiger partial charge in [-0.15, -0.1) is 0 Å². The van der Waals surface area contributed by atoms with Crippen LogP contribution in [0.2, 0.25) is 0 Å². The Hall–Kier alpha value is -2.48. The fourth-order valence-electron chi connectivity index (χ4n) is 1.99. The molecule has 1 aromatic heterocycles. The summed E-state index contributed by atoms with van der Waals surface area (Å²) in [6.07, 6.45) is 0. The molecule has 0 aliphatic carbocycles. The van der Waals surface area contributed by atoms with E-state index in [4.69, 9.17) is 10.00 Å². The van der Waals surface area contributed by atoms with Crippen LogP contribution in [-0.2, 0) is 6.54 Å². The van der Waals surface area contributed by atoms with Gasteiger partial charge in [0, 0.05) is 17.8 Å². The molecule has 0 saturated heterocycles. The third-order valence-electron chi connectivity index (χ3n) is 3.09. The van der Waals surface area contributed by atoms with Crippen LogP contribution >= 0.6 is 0 Å². The Kier molecular flexibility index (Phi) is 3.71. The zero-order valence-electron chi connectivity index (χ0n) is 11.2. The molecule has 1 heterocycles. The van der Waals surface area contributed by atoms with Crippen molar-refractivity contribution in [3.8, 4) is 11.8 Å². The van der Waals surface area contributed by atoms with Crippen molar-refractivity contribution in [1.82, 2.24) is 10.2 Å². The molecule has 0 radical (unpaired) electrons. The number of rotatable bonds is 4. The summed E-state index contributed by atoms with van der Waals surface area (Å²) in [5, 5.41) is 19.5. The summed E-state index contributed by atoms with van der Waals surface area (Å²) < 4.78 is 5.28. The maximum Gasteiger partial charge on any atom is 0.143 e. The van der Waals surface area contributed by atoms with Crippen LogP contribution in [0.5, 0.6) is 5.75 Å². The van der Waals surface area contributed by atoms with Gasteiger partial charge < -0.3 is 10.1 Å². The highest BCUT2D eigenvalue weighted by atomic mass is 16.5. The number of anilines is 1. The SMILES string of the molecule is COc1cccc(C#N)c1NCc1c(C)n[nH]c1C. The number of nitrogens with zero attached hydrogens (tertiary/aromatic N) is 2. The summed E-state index contributed by atoms with van der Waals surface area (Å²) >= 11 is 0. The normalized spacial score (nSPS) is 10.0. The van der Waals surface area contributed by atoms with E-state index in [1.807, 2.05) is 19.9 Å². The van der Waals surface area contributed by atoms with E-state index in [9.17, 15) is 0 Å². The molecule has 5 heteroatoms. The van der Waals surface area contributed by atoms with Gasteiger partial charge >= 0.3 is 0 Å². The predicted octanol–water partition coefficient (Wildman–Crippen LogP) is 2.52. The summed E-state index contributed by atoms with van der Waals surface area (Å²) in [5.74, 6) is 0.665. The first-order chi connectivity index (χ1) is 9.17. The number of aryl methyl sites for hydroxylation is 2. The molecule has 2 N–H and O–H groups in total.